The summed E-state index contributed by atoms with van der Waals surface area (Å²) in [5.74, 6) is 1.86. The molecule has 6 rings (SSSR count). The van der Waals surface area contributed by atoms with E-state index in [4.69, 9.17) is 25.1 Å². The lowest BCUT2D eigenvalue weighted by molar-refractivity contribution is 0.105. The van der Waals surface area contributed by atoms with Gasteiger partial charge in [0.15, 0.2) is 0 Å². The molecule has 6 aromatic rings. The first-order chi connectivity index (χ1) is 26.1. The molecule has 290 valence electrons. The molecule has 0 unspecified atom stereocenters. The number of furan rings is 1. The predicted octanol–water partition coefficient (Wildman–Crippen LogP) is 7.78. The molecule has 0 fully saturated rings. The van der Waals surface area contributed by atoms with Crippen LogP contribution in [-0.2, 0) is 17.5 Å². The average molecular weight is 824 g/mol. The maximum absolute atomic E-state index is 9.50. The molecular formula is C41H51BrN4O7S. The van der Waals surface area contributed by atoms with Crippen LogP contribution in [0.3, 0.4) is 0 Å². The zero-order chi connectivity index (χ0) is 38.7. The molecule has 0 aliphatic carbocycles. The zero-order valence-corrected chi connectivity index (χ0v) is 33.3. The quantitative estimate of drug-likeness (QED) is 0.0464. The van der Waals surface area contributed by atoms with Gasteiger partial charge in [-0.2, -0.15) is 4.98 Å². The monoisotopic (exact) mass is 822 g/mol. The number of aliphatic hydroxyl groups is 4. The molecule has 3 heterocycles. The van der Waals surface area contributed by atoms with Crippen molar-refractivity contribution in [2.75, 3.05) is 33.0 Å². The molecule has 0 atom stereocenters. The van der Waals surface area contributed by atoms with Gasteiger partial charge < -0.3 is 45.6 Å². The Morgan fingerprint density at radius 1 is 0.759 bits per heavy atom. The highest BCUT2D eigenvalue weighted by Crippen LogP contribution is 2.34. The Morgan fingerprint density at radius 2 is 1.48 bits per heavy atom. The molecule has 0 aliphatic heterocycles. The van der Waals surface area contributed by atoms with Gasteiger partial charge in [0.05, 0.1) is 43.0 Å². The lowest BCUT2D eigenvalue weighted by Gasteiger charge is -2.22. The van der Waals surface area contributed by atoms with Crippen LogP contribution in [0.2, 0.25) is 0 Å². The van der Waals surface area contributed by atoms with Gasteiger partial charge in [-0.15, -0.1) is 11.3 Å². The summed E-state index contributed by atoms with van der Waals surface area (Å²) in [6.45, 7) is 3.55. The molecule has 0 spiro atoms. The topological polar surface area (TPSA) is 194 Å². The van der Waals surface area contributed by atoms with Crippen LogP contribution in [-0.4, -0.2) is 63.6 Å². The minimum atomic E-state index is -1.35. The average Bonchev–Trinajstić information content (AvgIpc) is 3.97. The van der Waals surface area contributed by atoms with Crippen molar-refractivity contribution in [1.29, 1.82) is 0 Å². The van der Waals surface area contributed by atoms with Gasteiger partial charge in [0, 0.05) is 26.1 Å². The third-order valence-electron chi connectivity index (χ3n) is 9.35. The van der Waals surface area contributed by atoms with Gasteiger partial charge in [0.2, 0.25) is 5.82 Å². The number of thiophene rings is 1. The first-order valence-corrected chi connectivity index (χ1v) is 20.1. The third-order valence-corrected chi connectivity index (χ3v) is 11.3. The summed E-state index contributed by atoms with van der Waals surface area (Å²) in [6.07, 6.45) is 9.90. The summed E-state index contributed by atoms with van der Waals surface area (Å²) in [5, 5.41) is 43.9. The van der Waals surface area contributed by atoms with Gasteiger partial charge in [0.25, 0.3) is 5.89 Å². The Balaban J connectivity index is 0.000000218. The largest absolute Gasteiger partial charge is 0.492 e. The number of aryl methyl sites for hydroxylation is 1. The van der Waals surface area contributed by atoms with Crippen LogP contribution >= 0.6 is 27.3 Å². The Hall–Kier alpha value is -3.66. The second-order valence-electron chi connectivity index (χ2n) is 13.7. The van der Waals surface area contributed by atoms with E-state index in [1.807, 2.05) is 30.3 Å². The fourth-order valence-corrected chi connectivity index (χ4v) is 7.48. The number of nitrogens with two attached hydrogens (primary N) is 2. The van der Waals surface area contributed by atoms with Gasteiger partial charge in [-0.25, -0.2) is 0 Å². The van der Waals surface area contributed by atoms with Crippen LogP contribution in [0.15, 0.2) is 80.1 Å². The maximum Gasteiger partial charge on any atom is 0.258 e. The first kappa shape index (κ1) is 41.5. The van der Waals surface area contributed by atoms with E-state index < -0.39 is 24.3 Å². The van der Waals surface area contributed by atoms with Crippen molar-refractivity contribution in [2.45, 2.75) is 76.3 Å². The maximum atomic E-state index is 9.50. The summed E-state index contributed by atoms with van der Waals surface area (Å²) >= 11 is 5.07. The molecule has 3 aromatic carbocycles. The lowest BCUT2D eigenvalue weighted by Crippen LogP contribution is -2.43. The molecular weight excluding hydrogens is 772 g/mol. The molecule has 54 heavy (non-hydrogen) atoms. The highest BCUT2D eigenvalue weighted by molar-refractivity contribution is 9.10. The Labute approximate surface area is 328 Å². The summed E-state index contributed by atoms with van der Waals surface area (Å²) in [7, 11) is 0. The normalized spacial score (nSPS) is 12.0. The van der Waals surface area contributed by atoms with Gasteiger partial charge in [0.1, 0.15) is 22.6 Å². The van der Waals surface area contributed by atoms with Crippen LogP contribution in [0, 0.1) is 0 Å². The molecule has 0 saturated carbocycles. The van der Waals surface area contributed by atoms with E-state index in [-0.39, 0.29) is 13.2 Å². The van der Waals surface area contributed by atoms with Gasteiger partial charge in [-0.3, -0.25) is 0 Å². The van der Waals surface area contributed by atoms with Crippen LogP contribution in [0.1, 0.15) is 75.0 Å². The Morgan fingerprint density at radius 3 is 2.19 bits per heavy atom. The number of hydrogen-bond donors (Lipinski definition) is 6. The van der Waals surface area contributed by atoms with E-state index in [0.717, 1.165) is 54.5 Å². The van der Waals surface area contributed by atoms with Gasteiger partial charge >= 0.3 is 0 Å². The molecule has 0 saturated heterocycles. The second kappa shape index (κ2) is 19.3. The van der Waals surface area contributed by atoms with Gasteiger partial charge in [-0.1, -0.05) is 63.2 Å². The minimum absolute atomic E-state index is 0.249. The van der Waals surface area contributed by atoms with Crippen LogP contribution in [0.5, 0.6) is 5.75 Å². The standard InChI is InChI=1S/C22H22BrN3O5.C19H29NO2S/c1-2-7-29-18-6-4-14(9-16(18)23)21-25-20(26-31-21)13-3-5-17-15(8-13)10-19(30-17)22(24,11-27)12-28;1-2-3-4-5-6-7-8-15-9-10-17-16(11-15)12-18(23-17)19(20,13-21)14-22/h3-6,8-10,27-28H,2,7,11-12,24H2,1H3;9-12,21-22H,2-8,13-14,20H2,1H3. The fourth-order valence-electron chi connectivity index (χ4n) is 5.86. The third kappa shape index (κ3) is 9.95. The smallest absolute Gasteiger partial charge is 0.258 e. The first-order valence-electron chi connectivity index (χ1n) is 18.4. The van der Waals surface area contributed by atoms with Crippen molar-refractivity contribution in [3.8, 4) is 28.6 Å². The van der Waals surface area contributed by atoms with Crippen molar-refractivity contribution in [3.63, 3.8) is 0 Å². The van der Waals surface area contributed by atoms with Crippen molar-refractivity contribution in [2.24, 2.45) is 11.5 Å². The van der Waals surface area contributed by atoms with Crippen LogP contribution in [0.4, 0.5) is 0 Å². The highest BCUT2D eigenvalue weighted by Gasteiger charge is 2.30. The number of unbranched alkanes of at least 4 members (excludes halogenated alkanes) is 5. The van der Waals surface area contributed by atoms with E-state index in [1.165, 1.54) is 44.1 Å². The fraction of sp³-hybridized carbons (Fsp3) is 0.415. The molecule has 0 amide bonds. The number of nitrogens with zero attached hydrogens (tertiary/aromatic N) is 2. The minimum Gasteiger partial charge on any atom is -0.492 e. The van der Waals surface area contributed by atoms with Crippen LogP contribution in [0.25, 0.3) is 43.9 Å². The summed E-state index contributed by atoms with van der Waals surface area (Å²) < 4.78 is 18.8. The number of halogens is 1. The number of rotatable bonds is 18. The SMILES string of the molecule is CCCCCCCCc1ccc2sc(C(N)(CO)CO)cc2c1.CCCOc1ccc(-c2nc(-c3ccc4oc(C(N)(CO)CO)cc4c3)no2)cc1Br. The van der Waals surface area contributed by atoms with Gasteiger partial charge in [-0.05, 0) is 101 Å². The predicted molar refractivity (Wildman–Crippen MR) is 217 cm³/mol. The van der Waals surface area contributed by atoms with Crippen molar-refractivity contribution >= 4 is 48.3 Å². The van der Waals surface area contributed by atoms with Crippen molar-refractivity contribution < 1.29 is 34.1 Å². The van der Waals surface area contributed by atoms with Crippen LogP contribution < -0.4 is 16.2 Å². The molecule has 8 N–H and O–H groups in total. The molecule has 13 heteroatoms. The van der Waals surface area contributed by atoms with Crippen molar-refractivity contribution in [3.05, 3.63) is 87.4 Å². The number of benzene rings is 3. The van der Waals surface area contributed by atoms with E-state index in [1.54, 1.807) is 29.5 Å². The summed E-state index contributed by atoms with van der Waals surface area (Å²) in [6, 6.07) is 21.2. The Kier molecular flexibility index (Phi) is 14.8. The lowest BCUT2D eigenvalue weighted by atomic mass is 10.00. The van der Waals surface area contributed by atoms with E-state index in [9.17, 15) is 20.4 Å². The number of hydrogen-bond acceptors (Lipinski definition) is 12. The second-order valence-corrected chi connectivity index (χ2v) is 15.7. The van der Waals surface area contributed by atoms with E-state index in [0.29, 0.717) is 29.7 Å². The summed E-state index contributed by atoms with van der Waals surface area (Å²) in [5.41, 5.74) is 13.1. The molecule has 3 aromatic heterocycles. The van der Waals surface area contributed by atoms with E-state index >= 15 is 0 Å². The van der Waals surface area contributed by atoms with Crippen molar-refractivity contribution in [1.82, 2.24) is 10.1 Å². The van der Waals surface area contributed by atoms with E-state index in [2.05, 4.69) is 58.1 Å². The summed E-state index contributed by atoms with van der Waals surface area (Å²) in [4.78, 5) is 5.35. The number of aromatic nitrogens is 2. The number of ether oxygens (including phenoxy) is 1. The highest BCUT2D eigenvalue weighted by atomic mass is 79.9. The molecule has 0 radical (unpaired) electrons. The molecule has 0 aliphatic rings. The number of aliphatic hydroxyl groups excluding tert-OH is 4. The molecule has 0 bridgehead atoms. The molecule has 11 nitrogen and oxygen atoms in total. The Bertz CT molecular complexity index is 2090. The zero-order valence-electron chi connectivity index (χ0n) is 30.9. The number of fused-ring (bicyclic) bond motifs is 2.